The van der Waals surface area contributed by atoms with Crippen molar-refractivity contribution in [3.8, 4) is 5.75 Å². The molecular formula is C17H29N3O2. The van der Waals surface area contributed by atoms with E-state index in [0.717, 1.165) is 51.6 Å². The van der Waals surface area contributed by atoms with Crippen LogP contribution in [-0.4, -0.2) is 57.4 Å². The fourth-order valence-corrected chi connectivity index (χ4v) is 2.81. The molecule has 0 aliphatic carbocycles. The van der Waals surface area contributed by atoms with E-state index in [0.29, 0.717) is 11.7 Å². The van der Waals surface area contributed by atoms with Gasteiger partial charge in [0.05, 0.1) is 26.0 Å². The van der Waals surface area contributed by atoms with Gasteiger partial charge in [-0.3, -0.25) is 4.90 Å². The second-order valence-electron chi connectivity index (χ2n) is 5.94. The third-order valence-corrected chi connectivity index (χ3v) is 4.08. The third-order valence-electron chi connectivity index (χ3n) is 4.08. The molecule has 124 valence electrons. The second-order valence-corrected chi connectivity index (χ2v) is 5.94. The van der Waals surface area contributed by atoms with E-state index in [-0.39, 0.29) is 0 Å². The van der Waals surface area contributed by atoms with Gasteiger partial charge in [-0.25, -0.2) is 0 Å². The number of nitrogens with zero attached hydrogens (tertiary/aromatic N) is 1. The van der Waals surface area contributed by atoms with Gasteiger partial charge in [-0.05, 0) is 50.6 Å². The number of benzene rings is 1. The topological polar surface area (TPSA) is 59.8 Å². The van der Waals surface area contributed by atoms with E-state index >= 15 is 0 Å². The molecule has 5 heteroatoms. The number of hydrogen-bond donors (Lipinski definition) is 2. The average Bonchev–Trinajstić information content (AvgIpc) is 2.53. The lowest BCUT2D eigenvalue weighted by Crippen LogP contribution is -2.38. The molecule has 1 saturated heterocycles. The van der Waals surface area contributed by atoms with Gasteiger partial charge < -0.3 is 20.5 Å². The minimum Gasteiger partial charge on any atom is -0.495 e. The van der Waals surface area contributed by atoms with Gasteiger partial charge in [0.2, 0.25) is 0 Å². The van der Waals surface area contributed by atoms with Gasteiger partial charge >= 0.3 is 0 Å². The number of ether oxygens (including phenoxy) is 2. The Hall–Kier alpha value is -1.30. The molecule has 1 aliphatic rings. The number of hydrogen-bond acceptors (Lipinski definition) is 5. The van der Waals surface area contributed by atoms with Crippen molar-refractivity contribution in [2.45, 2.75) is 25.8 Å². The average molecular weight is 307 g/mol. The van der Waals surface area contributed by atoms with Gasteiger partial charge in [-0.1, -0.05) is 6.07 Å². The first-order valence-corrected chi connectivity index (χ1v) is 8.15. The number of methoxy groups -OCH3 is 1. The van der Waals surface area contributed by atoms with Crippen LogP contribution in [0.25, 0.3) is 0 Å². The molecule has 0 amide bonds. The SMILES string of the molecule is COc1ccc(CC(C)NCCCN2CCOCC2)cc1N. The van der Waals surface area contributed by atoms with Crippen LogP contribution >= 0.6 is 0 Å². The van der Waals surface area contributed by atoms with E-state index in [1.165, 1.54) is 12.0 Å². The van der Waals surface area contributed by atoms with Crippen molar-refractivity contribution < 1.29 is 9.47 Å². The number of nitrogen functional groups attached to an aromatic ring is 1. The molecule has 3 N–H and O–H groups in total. The lowest BCUT2D eigenvalue weighted by Gasteiger charge is -2.26. The Morgan fingerprint density at radius 3 is 2.82 bits per heavy atom. The number of morpholine rings is 1. The maximum absolute atomic E-state index is 5.95. The molecule has 1 heterocycles. The maximum Gasteiger partial charge on any atom is 0.141 e. The molecule has 0 bridgehead atoms. The molecule has 2 rings (SSSR count). The first-order valence-electron chi connectivity index (χ1n) is 8.15. The largest absolute Gasteiger partial charge is 0.495 e. The van der Waals surface area contributed by atoms with Crippen molar-refractivity contribution in [3.63, 3.8) is 0 Å². The lowest BCUT2D eigenvalue weighted by atomic mass is 10.1. The minimum absolute atomic E-state index is 0.442. The molecule has 0 aromatic heterocycles. The number of nitrogens with two attached hydrogens (primary N) is 1. The quantitative estimate of drug-likeness (QED) is 0.563. The van der Waals surface area contributed by atoms with E-state index < -0.39 is 0 Å². The van der Waals surface area contributed by atoms with Crippen molar-refractivity contribution in [1.29, 1.82) is 0 Å². The zero-order valence-electron chi connectivity index (χ0n) is 13.8. The van der Waals surface area contributed by atoms with Crippen LogP contribution in [0, 0.1) is 0 Å². The summed E-state index contributed by atoms with van der Waals surface area (Å²) >= 11 is 0. The van der Waals surface area contributed by atoms with E-state index in [1.807, 2.05) is 12.1 Å². The number of anilines is 1. The fraction of sp³-hybridized carbons (Fsp3) is 0.647. The molecule has 0 radical (unpaired) electrons. The highest BCUT2D eigenvalue weighted by Crippen LogP contribution is 2.22. The highest BCUT2D eigenvalue weighted by atomic mass is 16.5. The summed E-state index contributed by atoms with van der Waals surface area (Å²) < 4.78 is 10.5. The van der Waals surface area contributed by atoms with Crippen LogP contribution in [-0.2, 0) is 11.2 Å². The van der Waals surface area contributed by atoms with E-state index in [9.17, 15) is 0 Å². The molecule has 0 spiro atoms. The van der Waals surface area contributed by atoms with Crippen LogP contribution in [0.15, 0.2) is 18.2 Å². The molecule has 1 fully saturated rings. The molecule has 5 nitrogen and oxygen atoms in total. The van der Waals surface area contributed by atoms with Crippen molar-refractivity contribution in [3.05, 3.63) is 23.8 Å². The van der Waals surface area contributed by atoms with Gasteiger partial charge in [0, 0.05) is 19.1 Å². The molecule has 0 saturated carbocycles. The van der Waals surface area contributed by atoms with Crippen molar-refractivity contribution in [2.75, 3.05) is 52.2 Å². The van der Waals surface area contributed by atoms with Crippen molar-refractivity contribution >= 4 is 5.69 Å². The zero-order chi connectivity index (χ0) is 15.8. The summed E-state index contributed by atoms with van der Waals surface area (Å²) in [5, 5.41) is 3.59. The minimum atomic E-state index is 0.442. The standard InChI is InChI=1S/C17H29N3O2/c1-14(12-15-4-5-17(21-2)16(18)13-15)19-6-3-7-20-8-10-22-11-9-20/h4-5,13-14,19H,3,6-12,18H2,1-2H3. The fourth-order valence-electron chi connectivity index (χ4n) is 2.81. The van der Waals surface area contributed by atoms with Crippen LogP contribution in [0.1, 0.15) is 18.9 Å². The molecule has 1 aromatic carbocycles. The molecule has 1 unspecified atom stereocenters. The van der Waals surface area contributed by atoms with E-state index in [1.54, 1.807) is 7.11 Å². The van der Waals surface area contributed by atoms with Crippen LogP contribution in [0.4, 0.5) is 5.69 Å². The highest BCUT2D eigenvalue weighted by molar-refractivity contribution is 5.54. The predicted octanol–water partition coefficient (Wildman–Crippen LogP) is 1.52. The molecular weight excluding hydrogens is 278 g/mol. The summed E-state index contributed by atoms with van der Waals surface area (Å²) in [5.41, 5.74) is 7.90. The Labute approximate surface area is 133 Å². The van der Waals surface area contributed by atoms with E-state index in [4.69, 9.17) is 15.2 Å². The highest BCUT2D eigenvalue weighted by Gasteiger charge is 2.10. The zero-order valence-corrected chi connectivity index (χ0v) is 13.8. The van der Waals surface area contributed by atoms with Crippen LogP contribution in [0.2, 0.25) is 0 Å². The van der Waals surface area contributed by atoms with Gasteiger partial charge in [0.1, 0.15) is 5.75 Å². The second kappa shape index (κ2) is 8.98. The summed E-state index contributed by atoms with van der Waals surface area (Å²) in [6.07, 6.45) is 2.15. The monoisotopic (exact) mass is 307 g/mol. The predicted molar refractivity (Wildman–Crippen MR) is 90.5 cm³/mol. The van der Waals surface area contributed by atoms with Crippen LogP contribution in [0.5, 0.6) is 5.75 Å². The molecule has 1 aromatic rings. The van der Waals surface area contributed by atoms with Gasteiger partial charge in [0.25, 0.3) is 0 Å². The van der Waals surface area contributed by atoms with Gasteiger partial charge in [-0.15, -0.1) is 0 Å². The normalized spacial score (nSPS) is 17.4. The first-order chi connectivity index (χ1) is 10.7. The summed E-state index contributed by atoms with van der Waals surface area (Å²) in [7, 11) is 1.64. The first kappa shape index (κ1) is 17.1. The number of rotatable bonds is 8. The Morgan fingerprint density at radius 1 is 1.36 bits per heavy atom. The van der Waals surface area contributed by atoms with Gasteiger partial charge in [-0.2, -0.15) is 0 Å². The van der Waals surface area contributed by atoms with Crippen LogP contribution in [0.3, 0.4) is 0 Å². The van der Waals surface area contributed by atoms with E-state index in [2.05, 4.69) is 23.2 Å². The Bertz CT molecular complexity index is 448. The third kappa shape index (κ3) is 5.48. The summed E-state index contributed by atoms with van der Waals surface area (Å²) in [6, 6.07) is 6.47. The Balaban J connectivity index is 1.64. The number of nitrogens with one attached hydrogen (secondary N) is 1. The van der Waals surface area contributed by atoms with Gasteiger partial charge in [0.15, 0.2) is 0 Å². The molecule has 1 aliphatic heterocycles. The van der Waals surface area contributed by atoms with Crippen LogP contribution < -0.4 is 15.8 Å². The molecule has 1 atom stereocenters. The molecule has 22 heavy (non-hydrogen) atoms. The van der Waals surface area contributed by atoms with Crippen molar-refractivity contribution in [2.24, 2.45) is 0 Å². The smallest absolute Gasteiger partial charge is 0.141 e. The Morgan fingerprint density at radius 2 is 2.14 bits per heavy atom. The summed E-state index contributed by atoms with van der Waals surface area (Å²) in [5.74, 6) is 0.745. The maximum atomic E-state index is 5.95. The lowest BCUT2D eigenvalue weighted by molar-refractivity contribution is 0.0374. The van der Waals surface area contributed by atoms with Crippen molar-refractivity contribution in [1.82, 2.24) is 10.2 Å². The Kier molecular flexibility index (Phi) is 6.96. The summed E-state index contributed by atoms with van der Waals surface area (Å²) in [6.45, 7) is 8.31. The summed E-state index contributed by atoms with van der Waals surface area (Å²) in [4.78, 5) is 2.47.